The van der Waals surface area contributed by atoms with Crippen molar-refractivity contribution in [3.63, 3.8) is 0 Å². The highest BCUT2D eigenvalue weighted by Gasteiger charge is 2.28. The number of aliphatic hydroxyl groups excluding tert-OH is 1. The normalized spacial score (nSPS) is 14.6. The molecule has 11 heavy (non-hydrogen) atoms. The Morgan fingerprint density at radius 3 is 2.09 bits per heavy atom. The molecule has 0 heterocycles. The lowest BCUT2D eigenvalue weighted by Gasteiger charge is -2.21. The first-order chi connectivity index (χ1) is 4.93. The molecular formula is C8H16O3. The average Bonchev–Trinajstić information content (AvgIpc) is 1.88. The van der Waals surface area contributed by atoms with Crippen LogP contribution in [0.1, 0.15) is 20.8 Å². The van der Waals surface area contributed by atoms with Gasteiger partial charge in [0.15, 0.2) is 5.78 Å². The average molecular weight is 160 g/mol. The van der Waals surface area contributed by atoms with Gasteiger partial charge in [-0.1, -0.05) is 20.8 Å². The van der Waals surface area contributed by atoms with Gasteiger partial charge in [-0.2, -0.15) is 0 Å². The van der Waals surface area contributed by atoms with E-state index < -0.39 is 11.5 Å². The maximum atomic E-state index is 11.3. The minimum atomic E-state index is -0.671. The van der Waals surface area contributed by atoms with Crippen molar-refractivity contribution in [3.8, 4) is 0 Å². The number of ether oxygens (including phenoxy) is 1. The van der Waals surface area contributed by atoms with Gasteiger partial charge in [0, 0.05) is 12.5 Å². The molecule has 0 fully saturated rings. The summed E-state index contributed by atoms with van der Waals surface area (Å²) in [6.07, 6.45) is -0.671. The van der Waals surface area contributed by atoms with E-state index in [2.05, 4.69) is 0 Å². The first kappa shape index (κ1) is 10.6. The first-order valence-electron chi connectivity index (χ1n) is 3.61. The van der Waals surface area contributed by atoms with Crippen LogP contribution in [0.15, 0.2) is 0 Å². The van der Waals surface area contributed by atoms with Crippen LogP contribution >= 0.6 is 0 Å². The van der Waals surface area contributed by atoms with Crippen molar-refractivity contribution in [3.05, 3.63) is 0 Å². The van der Waals surface area contributed by atoms with E-state index in [0.29, 0.717) is 0 Å². The third-order valence-electron chi connectivity index (χ3n) is 1.48. The Morgan fingerprint density at radius 2 is 2.00 bits per heavy atom. The van der Waals surface area contributed by atoms with Crippen molar-refractivity contribution in [2.45, 2.75) is 26.9 Å². The van der Waals surface area contributed by atoms with E-state index in [1.807, 2.05) is 0 Å². The Balaban J connectivity index is 4.22. The van der Waals surface area contributed by atoms with Crippen LogP contribution in [-0.2, 0) is 9.53 Å². The minimum Gasteiger partial charge on any atom is -0.393 e. The number of hydrogen-bond donors (Lipinski definition) is 1. The molecular weight excluding hydrogens is 144 g/mol. The van der Waals surface area contributed by atoms with Gasteiger partial charge in [0.25, 0.3) is 0 Å². The third kappa shape index (κ3) is 2.99. The fourth-order valence-electron chi connectivity index (χ4n) is 0.747. The van der Waals surface area contributed by atoms with Gasteiger partial charge in [-0.3, -0.25) is 4.79 Å². The van der Waals surface area contributed by atoms with Crippen molar-refractivity contribution >= 4 is 5.78 Å². The van der Waals surface area contributed by atoms with Crippen LogP contribution in [-0.4, -0.2) is 30.7 Å². The molecule has 0 aliphatic rings. The SMILES string of the molecule is CO[C@H](CO)C(=O)C(C)(C)C. The molecule has 0 aromatic rings. The molecule has 0 aliphatic heterocycles. The van der Waals surface area contributed by atoms with E-state index in [0.717, 1.165) is 0 Å². The Kier molecular flexibility index (Phi) is 3.69. The van der Waals surface area contributed by atoms with E-state index in [9.17, 15) is 4.79 Å². The Bertz CT molecular complexity index is 131. The topological polar surface area (TPSA) is 46.5 Å². The molecule has 1 atom stereocenters. The highest BCUT2D eigenvalue weighted by atomic mass is 16.5. The van der Waals surface area contributed by atoms with E-state index >= 15 is 0 Å². The molecule has 0 rings (SSSR count). The van der Waals surface area contributed by atoms with Gasteiger partial charge < -0.3 is 9.84 Å². The zero-order valence-electron chi connectivity index (χ0n) is 7.55. The molecule has 3 heteroatoms. The van der Waals surface area contributed by atoms with E-state index in [1.54, 1.807) is 20.8 Å². The largest absolute Gasteiger partial charge is 0.393 e. The van der Waals surface area contributed by atoms with Gasteiger partial charge in [-0.05, 0) is 0 Å². The van der Waals surface area contributed by atoms with Gasteiger partial charge in [0.2, 0.25) is 0 Å². The van der Waals surface area contributed by atoms with Crippen molar-refractivity contribution in [1.82, 2.24) is 0 Å². The standard InChI is InChI=1S/C8H16O3/c1-8(2,3)7(10)6(5-9)11-4/h6,9H,5H2,1-4H3/t6-/m1/s1. The number of aliphatic hydroxyl groups is 1. The maximum absolute atomic E-state index is 11.3. The number of Topliss-reactive ketones (excluding diaryl/α,β-unsaturated/α-hetero) is 1. The Hall–Kier alpha value is -0.410. The van der Waals surface area contributed by atoms with Gasteiger partial charge in [-0.25, -0.2) is 0 Å². The molecule has 0 unspecified atom stereocenters. The highest BCUT2D eigenvalue weighted by molar-refractivity contribution is 5.87. The summed E-state index contributed by atoms with van der Waals surface area (Å²) < 4.78 is 4.79. The van der Waals surface area contributed by atoms with Gasteiger partial charge in [0.05, 0.1) is 6.61 Å². The van der Waals surface area contributed by atoms with Crippen LogP contribution < -0.4 is 0 Å². The number of carbonyl (C=O) groups is 1. The third-order valence-corrected chi connectivity index (χ3v) is 1.48. The van der Waals surface area contributed by atoms with E-state index in [4.69, 9.17) is 9.84 Å². The lowest BCUT2D eigenvalue weighted by molar-refractivity contribution is -0.138. The quantitative estimate of drug-likeness (QED) is 0.658. The highest BCUT2D eigenvalue weighted by Crippen LogP contribution is 2.17. The van der Waals surface area contributed by atoms with Gasteiger partial charge in [-0.15, -0.1) is 0 Å². The second-order valence-electron chi connectivity index (χ2n) is 3.52. The fraction of sp³-hybridized carbons (Fsp3) is 0.875. The molecule has 0 aromatic carbocycles. The van der Waals surface area contributed by atoms with Crippen LogP contribution in [0.3, 0.4) is 0 Å². The summed E-state index contributed by atoms with van der Waals surface area (Å²) in [5.41, 5.74) is -0.441. The molecule has 0 radical (unpaired) electrons. The predicted molar refractivity (Wildman–Crippen MR) is 42.3 cm³/mol. The van der Waals surface area contributed by atoms with Gasteiger partial charge in [0.1, 0.15) is 6.10 Å². The summed E-state index contributed by atoms with van der Waals surface area (Å²) in [4.78, 5) is 11.3. The molecule has 1 N–H and O–H groups in total. The number of rotatable bonds is 3. The van der Waals surface area contributed by atoms with Crippen molar-refractivity contribution < 1.29 is 14.6 Å². The maximum Gasteiger partial charge on any atom is 0.169 e. The molecule has 66 valence electrons. The Morgan fingerprint density at radius 1 is 1.55 bits per heavy atom. The van der Waals surface area contributed by atoms with Crippen LogP contribution in [0.2, 0.25) is 0 Å². The van der Waals surface area contributed by atoms with Crippen molar-refractivity contribution in [2.24, 2.45) is 5.41 Å². The first-order valence-corrected chi connectivity index (χ1v) is 3.61. The summed E-state index contributed by atoms with van der Waals surface area (Å²) >= 11 is 0. The smallest absolute Gasteiger partial charge is 0.169 e. The second kappa shape index (κ2) is 3.83. The molecule has 0 bridgehead atoms. The molecule has 0 spiro atoms. The van der Waals surface area contributed by atoms with Crippen LogP contribution in [0, 0.1) is 5.41 Å². The number of methoxy groups -OCH3 is 1. The van der Waals surface area contributed by atoms with Crippen LogP contribution in [0.25, 0.3) is 0 Å². The summed E-state index contributed by atoms with van der Waals surface area (Å²) in [7, 11) is 1.42. The molecule has 3 nitrogen and oxygen atoms in total. The molecule has 0 saturated heterocycles. The zero-order valence-corrected chi connectivity index (χ0v) is 7.55. The van der Waals surface area contributed by atoms with E-state index in [-0.39, 0.29) is 12.4 Å². The molecule has 0 aromatic heterocycles. The lowest BCUT2D eigenvalue weighted by atomic mass is 9.88. The molecule has 0 aliphatic carbocycles. The zero-order chi connectivity index (χ0) is 9.07. The summed E-state index contributed by atoms with van der Waals surface area (Å²) in [5, 5.41) is 8.71. The summed E-state index contributed by atoms with van der Waals surface area (Å²) in [6.45, 7) is 5.16. The monoisotopic (exact) mass is 160 g/mol. The van der Waals surface area contributed by atoms with E-state index in [1.165, 1.54) is 7.11 Å². The minimum absolute atomic E-state index is 0.0671. The van der Waals surface area contributed by atoms with Gasteiger partial charge >= 0.3 is 0 Å². The number of ketones is 1. The Labute approximate surface area is 67.4 Å². The summed E-state index contributed by atoms with van der Waals surface area (Å²) in [5.74, 6) is -0.0671. The molecule has 0 amide bonds. The van der Waals surface area contributed by atoms with Crippen LogP contribution in [0.4, 0.5) is 0 Å². The lowest BCUT2D eigenvalue weighted by Crippen LogP contribution is -2.36. The van der Waals surface area contributed by atoms with Crippen molar-refractivity contribution in [1.29, 1.82) is 0 Å². The molecule has 0 saturated carbocycles. The van der Waals surface area contributed by atoms with Crippen molar-refractivity contribution in [2.75, 3.05) is 13.7 Å². The summed E-state index contributed by atoms with van der Waals surface area (Å²) in [6, 6.07) is 0. The fourth-order valence-corrected chi connectivity index (χ4v) is 0.747. The van der Waals surface area contributed by atoms with Crippen LogP contribution in [0.5, 0.6) is 0 Å². The predicted octanol–water partition coefficient (Wildman–Crippen LogP) is 0.609. The number of hydrogen-bond acceptors (Lipinski definition) is 3. The number of carbonyl (C=O) groups excluding carboxylic acids is 1. The second-order valence-corrected chi connectivity index (χ2v) is 3.52.